The average Bonchev–Trinajstić information content (AvgIpc) is 3.43. The Bertz CT molecular complexity index is 1490. The summed E-state index contributed by atoms with van der Waals surface area (Å²) in [4.78, 5) is 20.8. The first-order valence-corrected chi connectivity index (χ1v) is 11.0. The summed E-state index contributed by atoms with van der Waals surface area (Å²) in [5.74, 6) is -1.24. The molecule has 10 nitrogen and oxygen atoms in total. The van der Waals surface area contributed by atoms with E-state index in [1.807, 2.05) is 0 Å². The summed E-state index contributed by atoms with van der Waals surface area (Å²) in [5.41, 5.74) is 4.78. The number of nitrogens with two attached hydrogens (primary N) is 1. The highest BCUT2D eigenvalue weighted by Gasteiger charge is 2.38. The van der Waals surface area contributed by atoms with Crippen molar-refractivity contribution in [1.29, 1.82) is 5.26 Å². The van der Waals surface area contributed by atoms with Crippen LogP contribution in [0, 0.1) is 24.1 Å². The van der Waals surface area contributed by atoms with Gasteiger partial charge < -0.3 is 16.4 Å². The van der Waals surface area contributed by atoms with Gasteiger partial charge in [0.1, 0.15) is 12.4 Å². The molecule has 1 atom stereocenters. The molecular weight excluding hydrogens is 494 g/mol. The largest absolute Gasteiger partial charge is 0.435 e. The molecule has 0 aliphatic heterocycles. The third-order valence-corrected chi connectivity index (χ3v) is 5.48. The Hall–Kier alpha value is -4.51. The maximum atomic E-state index is 14.9. The molecule has 1 aromatic carbocycles. The van der Waals surface area contributed by atoms with Crippen LogP contribution < -0.4 is 16.4 Å². The lowest BCUT2D eigenvalue weighted by Crippen LogP contribution is -2.38. The van der Waals surface area contributed by atoms with E-state index in [2.05, 4.69) is 25.7 Å². The van der Waals surface area contributed by atoms with E-state index in [-0.39, 0.29) is 53.1 Å². The summed E-state index contributed by atoms with van der Waals surface area (Å²) in [6.45, 7) is 3.09. The van der Waals surface area contributed by atoms with Gasteiger partial charge >= 0.3 is 6.18 Å². The molecule has 0 spiro atoms. The van der Waals surface area contributed by atoms with Gasteiger partial charge in [0.05, 0.1) is 29.1 Å². The van der Waals surface area contributed by atoms with Crippen LogP contribution in [-0.4, -0.2) is 42.6 Å². The van der Waals surface area contributed by atoms with Crippen molar-refractivity contribution in [3.8, 4) is 17.3 Å². The van der Waals surface area contributed by atoms with Crippen molar-refractivity contribution < 1.29 is 22.4 Å². The first-order valence-electron chi connectivity index (χ1n) is 11.0. The van der Waals surface area contributed by atoms with Crippen LogP contribution in [0.4, 0.5) is 29.1 Å². The quantitative estimate of drug-likeness (QED) is 0.321. The molecule has 3 aromatic heterocycles. The van der Waals surface area contributed by atoms with Crippen molar-refractivity contribution in [2.24, 2.45) is 5.73 Å². The molecule has 3 heterocycles. The Morgan fingerprint density at radius 2 is 2.05 bits per heavy atom. The Balaban J connectivity index is 1.71. The number of fused-ring (bicyclic) bond motifs is 1. The van der Waals surface area contributed by atoms with Gasteiger partial charge in [-0.25, -0.2) is 14.4 Å². The number of aromatic nitrogens is 5. The lowest BCUT2D eigenvalue weighted by molar-refractivity contribution is -0.141. The van der Waals surface area contributed by atoms with Gasteiger partial charge in [-0.2, -0.15) is 23.5 Å². The zero-order valence-corrected chi connectivity index (χ0v) is 19.6. The number of aryl methyl sites for hydroxylation is 1. The van der Waals surface area contributed by atoms with Crippen LogP contribution in [0.2, 0.25) is 0 Å². The fourth-order valence-corrected chi connectivity index (χ4v) is 3.77. The monoisotopic (exact) mass is 515 g/mol. The molecule has 0 bridgehead atoms. The maximum absolute atomic E-state index is 14.9. The van der Waals surface area contributed by atoms with E-state index in [1.165, 1.54) is 29.1 Å². The van der Waals surface area contributed by atoms with E-state index < -0.39 is 23.6 Å². The summed E-state index contributed by atoms with van der Waals surface area (Å²) in [6, 6.07) is 4.06. The number of anilines is 2. The number of carbonyl (C=O) groups is 1. The van der Waals surface area contributed by atoms with E-state index >= 15 is 0 Å². The number of carbonyl (C=O) groups excluding carboxylic acids is 1. The zero-order valence-electron chi connectivity index (χ0n) is 19.6. The minimum atomic E-state index is -4.76. The molecule has 4 aromatic rings. The van der Waals surface area contributed by atoms with E-state index in [0.717, 1.165) is 16.9 Å². The SMILES string of the molecule is Cc1cc(Nc2nccn3c(-c4cn(CC#N)nc4C(F)(F)F)cnc23)cc(F)c1C(=O)NC(C)CN. The predicted octanol–water partition coefficient (Wildman–Crippen LogP) is 3.40. The van der Waals surface area contributed by atoms with Crippen LogP contribution in [0.3, 0.4) is 0 Å². The van der Waals surface area contributed by atoms with Crippen molar-refractivity contribution >= 4 is 23.1 Å². The molecule has 0 radical (unpaired) electrons. The van der Waals surface area contributed by atoms with Gasteiger partial charge in [0.2, 0.25) is 0 Å². The fraction of sp³-hybridized carbons (Fsp3) is 0.261. The molecule has 1 unspecified atom stereocenters. The molecule has 0 saturated carbocycles. The van der Waals surface area contributed by atoms with E-state index in [0.29, 0.717) is 5.56 Å². The van der Waals surface area contributed by atoms with Gasteiger partial charge in [0.15, 0.2) is 17.2 Å². The minimum absolute atomic E-state index is 0.0698. The van der Waals surface area contributed by atoms with Crippen molar-refractivity contribution in [2.75, 3.05) is 11.9 Å². The molecule has 0 saturated heterocycles. The summed E-state index contributed by atoms with van der Waals surface area (Å²) < 4.78 is 58.0. The zero-order chi connectivity index (χ0) is 26.9. The van der Waals surface area contributed by atoms with E-state index in [9.17, 15) is 22.4 Å². The van der Waals surface area contributed by atoms with Gasteiger partial charge in [0, 0.05) is 36.9 Å². The number of benzene rings is 1. The van der Waals surface area contributed by atoms with Gasteiger partial charge in [-0.3, -0.25) is 13.9 Å². The Morgan fingerprint density at radius 3 is 2.70 bits per heavy atom. The fourth-order valence-electron chi connectivity index (χ4n) is 3.77. The Labute approximate surface area is 207 Å². The third-order valence-electron chi connectivity index (χ3n) is 5.48. The summed E-state index contributed by atoms with van der Waals surface area (Å²) in [6.07, 6.45) is 0.342. The second-order valence-corrected chi connectivity index (χ2v) is 8.24. The smallest absolute Gasteiger partial charge is 0.348 e. The van der Waals surface area contributed by atoms with E-state index in [1.54, 1.807) is 19.9 Å². The first-order chi connectivity index (χ1) is 17.5. The number of rotatable bonds is 7. The number of nitrogens with zero attached hydrogens (tertiary/aromatic N) is 6. The molecule has 1 amide bonds. The first kappa shape index (κ1) is 25.6. The highest BCUT2D eigenvalue weighted by atomic mass is 19.4. The number of alkyl halides is 3. The van der Waals surface area contributed by atoms with Crippen LogP contribution >= 0.6 is 0 Å². The molecule has 192 valence electrons. The number of amides is 1. The lowest BCUT2D eigenvalue weighted by atomic mass is 10.1. The molecule has 4 N–H and O–H groups in total. The predicted molar refractivity (Wildman–Crippen MR) is 125 cm³/mol. The van der Waals surface area contributed by atoms with Crippen LogP contribution in [0.15, 0.2) is 36.9 Å². The number of halogens is 4. The molecule has 4 rings (SSSR count). The van der Waals surface area contributed by atoms with Gasteiger partial charge in [-0.05, 0) is 31.5 Å². The summed E-state index contributed by atoms with van der Waals surface area (Å²) >= 11 is 0. The number of hydrogen-bond donors (Lipinski definition) is 3. The molecule has 0 fully saturated rings. The second-order valence-electron chi connectivity index (χ2n) is 8.24. The minimum Gasteiger partial charge on any atom is -0.348 e. The molecule has 0 aliphatic carbocycles. The number of imidazole rings is 1. The molecular formula is C23H21F4N9O. The average molecular weight is 515 g/mol. The highest BCUT2D eigenvalue weighted by Crippen LogP contribution is 2.37. The number of nitriles is 1. The Kier molecular flexibility index (Phi) is 6.82. The normalized spacial score (nSPS) is 12.4. The van der Waals surface area contributed by atoms with Crippen molar-refractivity contribution in [3.05, 3.63) is 59.6 Å². The number of hydrogen-bond acceptors (Lipinski definition) is 7. The van der Waals surface area contributed by atoms with Gasteiger partial charge in [-0.15, -0.1) is 0 Å². The summed E-state index contributed by atoms with van der Waals surface area (Å²) in [7, 11) is 0. The van der Waals surface area contributed by atoms with Crippen molar-refractivity contribution in [2.45, 2.75) is 32.6 Å². The van der Waals surface area contributed by atoms with Crippen LogP contribution in [-0.2, 0) is 12.7 Å². The standard InChI is InChI=1S/C23H21F4N9O/c1-12-7-14(8-16(24)18(12)22(37)32-13(2)9-29)33-20-21-31-10-17(36(21)6-4-30-20)15-11-35(5-3-28)34-19(15)23(25,26)27/h4,6-8,10-11,13H,5,9,29H2,1-2H3,(H,30,33)(H,32,37). The third kappa shape index (κ3) is 5.07. The van der Waals surface area contributed by atoms with Crippen molar-refractivity contribution in [1.82, 2.24) is 29.5 Å². The second kappa shape index (κ2) is 9.86. The highest BCUT2D eigenvalue weighted by molar-refractivity contribution is 5.96. The maximum Gasteiger partial charge on any atom is 0.435 e. The summed E-state index contributed by atoms with van der Waals surface area (Å²) in [5, 5.41) is 17.9. The lowest BCUT2D eigenvalue weighted by Gasteiger charge is -2.15. The van der Waals surface area contributed by atoms with Crippen LogP contribution in [0.1, 0.15) is 28.5 Å². The van der Waals surface area contributed by atoms with Crippen LogP contribution in [0.5, 0.6) is 0 Å². The van der Waals surface area contributed by atoms with Gasteiger partial charge in [0.25, 0.3) is 5.91 Å². The topological polar surface area (TPSA) is 139 Å². The van der Waals surface area contributed by atoms with Crippen LogP contribution in [0.25, 0.3) is 16.9 Å². The van der Waals surface area contributed by atoms with E-state index in [4.69, 9.17) is 11.0 Å². The molecule has 0 aliphatic rings. The van der Waals surface area contributed by atoms with Crippen molar-refractivity contribution in [3.63, 3.8) is 0 Å². The molecule has 37 heavy (non-hydrogen) atoms. The number of nitrogens with one attached hydrogen (secondary N) is 2. The van der Waals surface area contributed by atoms with Gasteiger partial charge in [-0.1, -0.05) is 0 Å². The Morgan fingerprint density at radius 1 is 1.30 bits per heavy atom. The molecule has 14 heteroatoms.